The highest BCUT2D eigenvalue weighted by Gasteiger charge is 2.15. The Morgan fingerprint density at radius 1 is 1.12 bits per heavy atom. The lowest BCUT2D eigenvalue weighted by Crippen LogP contribution is -2.05. The Kier molecular flexibility index (Phi) is 6.12. The molecule has 132 valence electrons. The van der Waals surface area contributed by atoms with Crippen molar-refractivity contribution in [3.63, 3.8) is 0 Å². The predicted molar refractivity (Wildman–Crippen MR) is 96.1 cm³/mol. The van der Waals surface area contributed by atoms with Crippen LogP contribution in [0, 0.1) is 0 Å². The monoisotopic (exact) mass is 383 g/mol. The van der Waals surface area contributed by atoms with Crippen molar-refractivity contribution in [3.05, 3.63) is 45.4 Å². The Bertz CT molecular complexity index is 788. The van der Waals surface area contributed by atoms with Gasteiger partial charge in [0.2, 0.25) is 5.75 Å². The zero-order valence-electron chi connectivity index (χ0n) is 13.4. The van der Waals surface area contributed by atoms with Crippen molar-refractivity contribution < 1.29 is 24.5 Å². The standard InChI is InChI=1S/C17H15Cl2NO5/c1-24-15-3-9(4-16(25-2)17(15)23)14(22)8-20-7-11-12(19)5-10(18)6-13(11)21/h3-7,21,23H,8H2,1-2H3. The molecule has 0 fully saturated rings. The largest absolute Gasteiger partial charge is 0.507 e. The van der Waals surface area contributed by atoms with Crippen LogP contribution in [0.15, 0.2) is 29.3 Å². The predicted octanol–water partition coefficient (Wildman–Crippen LogP) is 3.72. The van der Waals surface area contributed by atoms with Gasteiger partial charge < -0.3 is 19.7 Å². The lowest BCUT2D eigenvalue weighted by molar-refractivity contribution is 0.100. The van der Waals surface area contributed by atoms with Gasteiger partial charge in [0, 0.05) is 16.8 Å². The maximum atomic E-state index is 12.3. The van der Waals surface area contributed by atoms with Gasteiger partial charge in [-0.1, -0.05) is 23.2 Å². The summed E-state index contributed by atoms with van der Waals surface area (Å²) >= 11 is 11.8. The van der Waals surface area contributed by atoms with Crippen molar-refractivity contribution in [1.29, 1.82) is 0 Å². The van der Waals surface area contributed by atoms with E-state index >= 15 is 0 Å². The zero-order chi connectivity index (χ0) is 18.6. The highest BCUT2D eigenvalue weighted by molar-refractivity contribution is 6.36. The number of ether oxygens (including phenoxy) is 2. The van der Waals surface area contributed by atoms with E-state index in [-0.39, 0.29) is 51.5 Å². The quantitative estimate of drug-likeness (QED) is 0.585. The lowest BCUT2D eigenvalue weighted by atomic mass is 10.1. The van der Waals surface area contributed by atoms with E-state index in [2.05, 4.69) is 4.99 Å². The van der Waals surface area contributed by atoms with Crippen molar-refractivity contribution in [2.24, 2.45) is 4.99 Å². The summed E-state index contributed by atoms with van der Waals surface area (Å²) < 4.78 is 10.0. The van der Waals surface area contributed by atoms with E-state index in [4.69, 9.17) is 32.7 Å². The molecular formula is C17H15Cl2NO5. The number of aliphatic imine (C=N–C) groups is 1. The smallest absolute Gasteiger partial charge is 0.200 e. The van der Waals surface area contributed by atoms with Crippen LogP contribution in [0.2, 0.25) is 10.0 Å². The molecule has 2 aromatic rings. The fourth-order valence-electron chi connectivity index (χ4n) is 2.06. The van der Waals surface area contributed by atoms with Gasteiger partial charge in [-0.05, 0) is 24.3 Å². The second kappa shape index (κ2) is 8.09. The molecule has 0 aromatic heterocycles. The first kappa shape index (κ1) is 18.9. The molecule has 0 heterocycles. The van der Waals surface area contributed by atoms with Crippen molar-refractivity contribution in [1.82, 2.24) is 0 Å². The van der Waals surface area contributed by atoms with Crippen LogP contribution in [-0.2, 0) is 0 Å². The number of hydrogen-bond acceptors (Lipinski definition) is 6. The molecule has 0 unspecified atom stereocenters. The number of phenols is 2. The summed E-state index contributed by atoms with van der Waals surface area (Å²) in [5.74, 6) is -0.433. The third-order valence-electron chi connectivity index (χ3n) is 3.33. The van der Waals surface area contributed by atoms with Crippen molar-refractivity contribution in [3.8, 4) is 23.0 Å². The van der Waals surface area contributed by atoms with Gasteiger partial charge in [0.05, 0.1) is 24.8 Å². The number of rotatable bonds is 6. The van der Waals surface area contributed by atoms with Gasteiger partial charge in [0.15, 0.2) is 17.3 Å². The van der Waals surface area contributed by atoms with Crippen LogP contribution in [-0.4, -0.2) is 43.0 Å². The van der Waals surface area contributed by atoms with Gasteiger partial charge in [0.25, 0.3) is 0 Å². The number of halogens is 2. The third kappa shape index (κ3) is 4.35. The van der Waals surface area contributed by atoms with E-state index in [0.29, 0.717) is 5.02 Å². The fraction of sp³-hybridized carbons (Fsp3) is 0.176. The molecular weight excluding hydrogens is 369 g/mol. The molecule has 0 aliphatic carbocycles. The molecule has 2 rings (SSSR count). The molecule has 0 spiro atoms. The van der Waals surface area contributed by atoms with Crippen LogP contribution < -0.4 is 9.47 Å². The van der Waals surface area contributed by atoms with Gasteiger partial charge in [-0.3, -0.25) is 9.79 Å². The Labute approximate surface area is 154 Å². The van der Waals surface area contributed by atoms with Gasteiger partial charge in [-0.15, -0.1) is 0 Å². The molecule has 8 heteroatoms. The second-order valence-electron chi connectivity index (χ2n) is 4.94. The molecule has 6 nitrogen and oxygen atoms in total. The molecule has 2 aromatic carbocycles. The first-order chi connectivity index (χ1) is 11.9. The minimum atomic E-state index is -0.336. The number of carbonyl (C=O) groups excluding carboxylic acids is 1. The molecule has 0 aliphatic rings. The SMILES string of the molecule is COc1cc(C(=O)CN=Cc2c(O)cc(Cl)cc2Cl)cc(OC)c1O. The Balaban J connectivity index is 2.21. The van der Waals surface area contributed by atoms with E-state index in [9.17, 15) is 15.0 Å². The Morgan fingerprint density at radius 3 is 2.24 bits per heavy atom. The van der Waals surface area contributed by atoms with Crippen LogP contribution in [0.25, 0.3) is 0 Å². The summed E-state index contributed by atoms with van der Waals surface area (Å²) in [6, 6.07) is 5.57. The summed E-state index contributed by atoms with van der Waals surface area (Å²) in [7, 11) is 2.73. The van der Waals surface area contributed by atoms with E-state index in [1.165, 1.54) is 44.7 Å². The molecule has 0 aliphatic heterocycles. The Morgan fingerprint density at radius 2 is 1.72 bits per heavy atom. The summed E-state index contributed by atoms with van der Waals surface area (Å²) in [5.41, 5.74) is 0.523. The van der Waals surface area contributed by atoms with Crippen LogP contribution in [0.3, 0.4) is 0 Å². The molecule has 0 atom stereocenters. The maximum absolute atomic E-state index is 12.3. The summed E-state index contributed by atoms with van der Waals surface area (Å²) in [6.45, 7) is -0.199. The van der Waals surface area contributed by atoms with Crippen LogP contribution in [0.1, 0.15) is 15.9 Å². The first-order valence-corrected chi connectivity index (χ1v) is 7.79. The number of ketones is 1. The van der Waals surface area contributed by atoms with E-state index in [1.54, 1.807) is 0 Å². The molecule has 0 bridgehead atoms. The molecule has 0 saturated heterocycles. The molecule has 2 N–H and O–H groups in total. The normalized spacial score (nSPS) is 10.9. The second-order valence-corrected chi connectivity index (χ2v) is 5.79. The summed E-state index contributed by atoms with van der Waals surface area (Å²) in [6.07, 6.45) is 1.29. The number of nitrogens with zero attached hydrogens (tertiary/aromatic N) is 1. The highest BCUT2D eigenvalue weighted by Crippen LogP contribution is 2.37. The molecule has 25 heavy (non-hydrogen) atoms. The van der Waals surface area contributed by atoms with E-state index in [1.807, 2.05) is 0 Å². The van der Waals surface area contributed by atoms with Crippen LogP contribution >= 0.6 is 23.2 Å². The van der Waals surface area contributed by atoms with Crippen molar-refractivity contribution in [2.45, 2.75) is 0 Å². The van der Waals surface area contributed by atoms with Gasteiger partial charge in [-0.2, -0.15) is 0 Å². The highest BCUT2D eigenvalue weighted by atomic mass is 35.5. The van der Waals surface area contributed by atoms with Crippen molar-refractivity contribution >= 4 is 35.2 Å². The maximum Gasteiger partial charge on any atom is 0.200 e. The van der Waals surface area contributed by atoms with Gasteiger partial charge in [0.1, 0.15) is 12.3 Å². The number of methoxy groups -OCH3 is 2. The van der Waals surface area contributed by atoms with E-state index in [0.717, 1.165) is 0 Å². The third-order valence-corrected chi connectivity index (χ3v) is 3.86. The average Bonchev–Trinajstić information content (AvgIpc) is 2.57. The van der Waals surface area contributed by atoms with Gasteiger partial charge >= 0.3 is 0 Å². The summed E-state index contributed by atoms with van der Waals surface area (Å²) in [5, 5.41) is 20.2. The number of Topliss-reactive ketones (excluding diaryl/α,β-unsaturated/α-hetero) is 1. The van der Waals surface area contributed by atoms with Gasteiger partial charge in [-0.25, -0.2) is 0 Å². The van der Waals surface area contributed by atoms with E-state index < -0.39 is 0 Å². The number of carbonyl (C=O) groups is 1. The fourth-order valence-corrected chi connectivity index (χ4v) is 2.60. The minimum Gasteiger partial charge on any atom is -0.507 e. The number of phenolic OH excluding ortho intramolecular Hbond substituents is 2. The topological polar surface area (TPSA) is 88.4 Å². The molecule has 0 saturated carbocycles. The van der Waals surface area contributed by atoms with Crippen LogP contribution in [0.4, 0.5) is 0 Å². The lowest BCUT2D eigenvalue weighted by Gasteiger charge is -2.10. The first-order valence-electron chi connectivity index (χ1n) is 7.03. The average molecular weight is 384 g/mol. The summed E-state index contributed by atoms with van der Waals surface area (Å²) in [4.78, 5) is 16.3. The number of hydrogen-bond donors (Lipinski definition) is 2. The number of benzene rings is 2. The van der Waals surface area contributed by atoms with Crippen LogP contribution in [0.5, 0.6) is 23.0 Å². The molecule has 0 amide bonds. The minimum absolute atomic E-state index is 0.116. The molecule has 0 radical (unpaired) electrons. The number of aromatic hydroxyl groups is 2. The zero-order valence-corrected chi connectivity index (χ0v) is 14.9. The Hall–Kier alpha value is -2.44. The van der Waals surface area contributed by atoms with Crippen molar-refractivity contribution in [2.75, 3.05) is 20.8 Å².